The summed E-state index contributed by atoms with van der Waals surface area (Å²) in [5.74, 6) is -0.418. The molecule has 0 unspecified atom stereocenters. The number of amides is 2. The Morgan fingerprint density at radius 2 is 1.96 bits per heavy atom. The van der Waals surface area contributed by atoms with Gasteiger partial charge < -0.3 is 15.2 Å². The van der Waals surface area contributed by atoms with E-state index in [0.29, 0.717) is 35.8 Å². The van der Waals surface area contributed by atoms with Crippen LogP contribution in [0.3, 0.4) is 0 Å². The molecule has 146 valence electrons. The zero-order valence-corrected chi connectivity index (χ0v) is 15.8. The van der Waals surface area contributed by atoms with Crippen molar-refractivity contribution >= 4 is 22.8 Å². The summed E-state index contributed by atoms with van der Waals surface area (Å²) < 4.78 is 6.14. The molecule has 0 aliphatic carbocycles. The number of nitrogens with zero attached hydrogens (tertiary/aromatic N) is 5. The molecule has 0 saturated carbocycles. The van der Waals surface area contributed by atoms with E-state index in [9.17, 15) is 14.4 Å². The van der Waals surface area contributed by atoms with Crippen molar-refractivity contribution in [3.05, 3.63) is 40.1 Å². The molecule has 0 saturated heterocycles. The lowest BCUT2D eigenvalue weighted by atomic mass is 10.1. The molecule has 0 radical (unpaired) electrons. The minimum absolute atomic E-state index is 0.219. The van der Waals surface area contributed by atoms with E-state index in [0.717, 1.165) is 0 Å². The summed E-state index contributed by atoms with van der Waals surface area (Å²) in [6.07, 6.45) is 1.48. The fraction of sp³-hybridized carbons (Fsp3) is 0.333. The molecule has 2 amide bonds. The Kier molecular flexibility index (Phi) is 5.21. The molecule has 0 aromatic carbocycles. The Labute approximate surface area is 160 Å². The first-order valence-electron chi connectivity index (χ1n) is 8.77. The van der Waals surface area contributed by atoms with Crippen molar-refractivity contribution in [2.24, 2.45) is 5.73 Å². The average Bonchev–Trinajstić information content (AvgIpc) is 3.10. The topological polar surface area (TPSA) is 137 Å². The molecule has 0 fully saturated rings. The van der Waals surface area contributed by atoms with Gasteiger partial charge >= 0.3 is 0 Å². The van der Waals surface area contributed by atoms with Gasteiger partial charge in [-0.15, -0.1) is 0 Å². The maximum absolute atomic E-state index is 12.7. The number of fused-ring (bicyclic) bond motifs is 1. The lowest BCUT2D eigenvalue weighted by Gasteiger charge is -2.20. The van der Waals surface area contributed by atoms with Gasteiger partial charge in [0.25, 0.3) is 11.5 Å². The first-order valence-corrected chi connectivity index (χ1v) is 8.77. The number of nitrogens with two attached hydrogens (primary N) is 1. The number of primary amides is 1. The van der Waals surface area contributed by atoms with Crippen LogP contribution in [0.25, 0.3) is 22.4 Å². The van der Waals surface area contributed by atoms with E-state index < -0.39 is 11.5 Å². The summed E-state index contributed by atoms with van der Waals surface area (Å²) >= 11 is 0. The normalized spacial score (nSPS) is 11.0. The second-order valence-corrected chi connectivity index (χ2v) is 6.15. The van der Waals surface area contributed by atoms with E-state index in [4.69, 9.17) is 10.3 Å². The SMILES string of the molecule is CCN(CC)C(=O)Cn1c(=O)c(C(N)=O)cc2cc(-c3noc(C)n3)cnc21. The molecule has 10 nitrogen and oxygen atoms in total. The second kappa shape index (κ2) is 7.59. The van der Waals surface area contributed by atoms with Gasteiger partial charge in [-0.05, 0) is 26.0 Å². The van der Waals surface area contributed by atoms with Gasteiger partial charge in [-0.1, -0.05) is 5.16 Å². The van der Waals surface area contributed by atoms with Crippen LogP contribution in [0.5, 0.6) is 0 Å². The summed E-state index contributed by atoms with van der Waals surface area (Å²) in [6, 6.07) is 3.03. The number of aromatic nitrogens is 4. The minimum Gasteiger partial charge on any atom is -0.365 e. The molecule has 0 aliphatic rings. The summed E-state index contributed by atoms with van der Waals surface area (Å²) in [4.78, 5) is 47.1. The smallest absolute Gasteiger partial charge is 0.265 e. The molecular weight excluding hydrogens is 364 g/mol. The van der Waals surface area contributed by atoms with E-state index in [1.165, 1.54) is 16.8 Å². The number of carbonyl (C=O) groups excluding carboxylic acids is 2. The molecule has 0 spiro atoms. The fourth-order valence-electron chi connectivity index (χ4n) is 2.94. The van der Waals surface area contributed by atoms with Crippen LogP contribution in [0.15, 0.2) is 27.6 Å². The Hall–Kier alpha value is -3.56. The number of carbonyl (C=O) groups is 2. The van der Waals surface area contributed by atoms with Crippen molar-refractivity contribution in [1.29, 1.82) is 0 Å². The van der Waals surface area contributed by atoms with Gasteiger partial charge in [-0.3, -0.25) is 19.0 Å². The fourth-order valence-corrected chi connectivity index (χ4v) is 2.94. The van der Waals surface area contributed by atoms with Gasteiger partial charge in [0, 0.05) is 37.2 Å². The van der Waals surface area contributed by atoms with Crippen molar-refractivity contribution in [3.8, 4) is 11.4 Å². The van der Waals surface area contributed by atoms with Gasteiger partial charge in [0.05, 0.1) is 0 Å². The average molecular weight is 384 g/mol. The lowest BCUT2D eigenvalue weighted by Crippen LogP contribution is -2.38. The van der Waals surface area contributed by atoms with Crippen LogP contribution < -0.4 is 11.3 Å². The van der Waals surface area contributed by atoms with Crippen LogP contribution in [0, 0.1) is 6.92 Å². The van der Waals surface area contributed by atoms with Crippen molar-refractivity contribution in [2.45, 2.75) is 27.3 Å². The first-order chi connectivity index (χ1) is 13.3. The van der Waals surface area contributed by atoms with Crippen molar-refractivity contribution < 1.29 is 14.1 Å². The molecule has 28 heavy (non-hydrogen) atoms. The standard InChI is InChI=1S/C18H20N6O4/c1-4-23(5-2)14(25)9-24-17-11(7-13(15(19)26)18(24)27)6-12(8-20-17)16-21-10(3)28-22-16/h6-8H,4-5,9H2,1-3H3,(H2,19,26). The molecule has 3 aromatic rings. The molecule has 0 aliphatic heterocycles. The molecule has 3 heterocycles. The molecule has 3 rings (SSSR count). The zero-order valence-electron chi connectivity index (χ0n) is 15.8. The second-order valence-electron chi connectivity index (χ2n) is 6.15. The van der Waals surface area contributed by atoms with Gasteiger partial charge in [0.2, 0.25) is 17.6 Å². The summed E-state index contributed by atoms with van der Waals surface area (Å²) in [5.41, 5.74) is 5.29. The quantitative estimate of drug-likeness (QED) is 0.661. The van der Waals surface area contributed by atoms with Crippen LogP contribution in [0.2, 0.25) is 0 Å². The first kappa shape index (κ1) is 19.2. The Morgan fingerprint density at radius 3 is 2.54 bits per heavy atom. The Bertz CT molecular complexity index is 1110. The van der Waals surface area contributed by atoms with E-state index in [1.807, 2.05) is 13.8 Å². The van der Waals surface area contributed by atoms with Crippen LogP contribution >= 0.6 is 0 Å². The zero-order chi connectivity index (χ0) is 20.4. The van der Waals surface area contributed by atoms with Crippen LogP contribution in [0.1, 0.15) is 30.1 Å². The summed E-state index contributed by atoms with van der Waals surface area (Å²) in [5, 5.41) is 4.30. The third-order valence-electron chi connectivity index (χ3n) is 4.39. The molecular formula is C18H20N6O4. The number of aryl methyl sites for hydroxylation is 1. The van der Waals surface area contributed by atoms with Gasteiger partial charge in [0.1, 0.15) is 17.8 Å². The van der Waals surface area contributed by atoms with E-state index in [-0.39, 0.29) is 23.7 Å². The highest BCUT2D eigenvalue weighted by molar-refractivity contribution is 5.96. The third-order valence-corrected chi connectivity index (χ3v) is 4.39. The van der Waals surface area contributed by atoms with Crippen molar-refractivity contribution in [2.75, 3.05) is 13.1 Å². The number of hydrogen-bond acceptors (Lipinski definition) is 7. The molecule has 10 heteroatoms. The Morgan fingerprint density at radius 1 is 1.25 bits per heavy atom. The number of hydrogen-bond donors (Lipinski definition) is 1. The van der Waals surface area contributed by atoms with Crippen LogP contribution in [-0.2, 0) is 11.3 Å². The maximum atomic E-state index is 12.7. The van der Waals surface area contributed by atoms with Crippen LogP contribution in [0.4, 0.5) is 0 Å². The summed E-state index contributed by atoms with van der Waals surface area (Å²) in [7, 11) is 0. The van der Waals surface area contributed by atoms with Crippen molar-refractivity contribution in [3.63, 3.8) is 0 Å². The maximum Gasteiger partial charge on any atom is 0.265 e. The molecule has 0 bridgehead atoms. The predicted molar refractivity (Wildman–Crippen MR) is 100 cm³/mol. The number of likely N-dealkylation sites (N-methyl/N-ethyl adjacent to an activating group) is 1. The highest BCUT2D eigenvalue weighted by atomic mass is 16.5. The van der Waals surface area contributed by atoms with Crippen molar-refractivity contribution in [1.82, 2.24) is 24.6 Å². The Balaban J connectivity index is 2.18. The van der Waals surface area contributed by atoms with Crippen LogP contribution in [-0.4, -0.2) is 49.5 Å². The molecule has 0 atom stereocenters. The predicted octanol–water partition coefficient (Wildman–Crippen LogP) is 0.722. The number of rotatable bonds is 6. The van der Waals surface area contributed by atoms with Gasteiger partial charge in [0.15, 0.2) is 0 Å². The lowest BCUT2D eigenvalue weighted by molar-refractivity contribution is -0.131. The highest BCUT2D eigenvalue weighted by Crippen LogP contribution is 2.20. The van der Waals surface area contributed by atoms with Gasteiger partial charge in [-0.2, -0.15) is 4.98 Å². The monoisotopic (exact) mass is 384 g/mol. The molecule has 2 N–H and O–H groups in total. The van der Waals surface area contributed by atoms with E-state index >= 15 is 0 Å². The minimum atomic E-state index is -0.878. The largest absolute Gasteiger partial charge is 0.365 e. The third kappa shape index (κ3) is 3.48. The van der Waals surface area contributed by atoms with Gasteiger partial charge in [-0.25, -0.2) is 4.98 Å². The summed E-state index contributed by atoms with van der Waals surface area (Å²) in [6.45, 7) is 6.12. The van der Waals surface area contributed by atoms with E-state index in [1.54, 1.807) is 17.9 Å². The highest BCUT2D eigenvalue weighted by Gasteiger charge is 2.19. The molecule has 3 aromatic heterocycles. The van der Waals surface area contributed by atoms with E-state index in [2.05, 4.69) is 15.1 Å². The number of pyridine rings is 2.